The van der Waals surface area contributed by atoms with E-state index in [2.05, 4.69) is 5.32 Å². The Morgan fingerprint density at radius 3 is 2.96 bits per heavy atom. The van der Waals surface area contributed by atoms with Crippen molar-refractivity contribution >= 4 is 18.9 Å². The summed E-state index contributed by atoms with van der Waals surface area (Å²) < 4.78 is 15.3. The molecule has 0 unspecified atom stereocenters. The third kappa shape index (κ3) is 4.44. The van der Waals surface area contributed by atoms with Crippen LogP contribution in [0.25, 0.3) is 0 Å². The molecule has 1 aliphatic rings. The highest BCUT2D eigenvalue weighted by molar-refractivity contribution is 6.47. The van der Waals surface area contributed by atoms with E-state index in [0.717, 1.165) is 0 Å². The number of rotatable bonds is 7. The van der Waals surface area contributed by atoms with Gasteiger partial charge in [0.2, 0.25) is 5.91 Å². The molecule has 0 fully saturated rings. The molecule has 0 bridgehead atoms. The van der Waals surface area contributed by atoms with E-state index in [1.807, 2.05) is 0 Å². The molecule has 0 saturated carbocycles. The van der Waals surface area contributed by atoms with Crippen molar-refractivity contribution in [2.75, 3.05) is 26.9 Å². The number of benzene rings is 1. The van der Waals surface area contributed by atoms with Gasteiger partial charge in [0, 0.05) is 7.11 Å². The molecule has 0 spiro atoms. The zero-order valence-electron chi connectivity index (χ0n) is 12.8. The number of methoxy groups -OCH3 is 1. The summed E-state index contributed by atoms with van der Waals surface area (Å²) in [6.07, 6.45) is 0.321. The second kappa shape index (κ2) is 7.95. The molecule has 4 N–H and O–H groups in total. The molecular formula is C14H19BN2O6. The first-order valence-corrected chi connectivity index (χ1v) is 7.15. The fourth-order valence-corrected chi connectivity index (χ4v) is 2.30. The van der Waals surface area contributed by atoms with E-state index in [0.29, 0.717) is 25.2 Å². The molecule has 0 radical (unpaired) electrons. The Balaban J connectivity index is 1.97. The lowest BCUT2D eigenvalue weighted by molar-refractivity contribution is -0.126. The number of carbonyl (C=O) groups is 2. The highest BCUT2D eigenvalue weighted by Gasteiger charge is 2.37. The molecule has 2 rings (SSSR count). The van der Waals surface area contributed by atoms with Gasteiger partial charge in [0.1, 0.15) is 12.4 Å². The molecule has 1 heterocycles. The molecule has 124 valence electrons. The molecule has 1 aromatic rings. The number of fused-ring (bicyclic) bond motifs is 1. The molecular weight excluding hydrogens is 303 g/mol. The maximum absolute atomic E-state index is 11.8. The van der Waals surface area contributed by atoms with E-state index in [1.54, 1.807) is 12.1 Å². The summed E-state index contributed by atoms with van der Waals surface area (Å²) in [4.78, 5) is 23.2. The van der Waals surface area contributed by atoms with Gasteiger partial charge in [-0.15, -0.1) is 0 Å². The molecule has 23 heavy (non-hydrogen) atoms. The Bertz CT molecular complexity index is 582. The van der Waals surface area contributed by atoms with E-state index in [-0.39, 0.29) is 23.8 Å². The second-order valence-electron chi connectivity index (χ2n) is 5.09. The number of hydrogen-bond acceptors (Lipinski definition) is 6. The van der Waals surface area contributed by atoms with Crippen LogP contribution in [0.4, 0.5) is 0 Å². The number of nitrogens with two attached hydrogens (primary N) is 1. The Labute approximate surface area is 134 Å². The molecule has 0 aliphatic carbocycles. The second-order valence-corrected chi connectivity index (χ2v) is 5.09. The minimum absolute atomic E-state index is 0.138. The van der Waals surface area contributed by atoms with Gasteiger partial charge in [-0.05, 0) is 18.1 Å². The average Bonchev–Trinajstić information content (AvgIpc) is 2.51. The molecule has 1 atom stereocenters. The van der Waals surface area contributed by atoms with Gasteiger partial charge in [-0.3, -0.25) is 9.59 Å². The lowest BCUT2D eigenvalue weighted by Gasteiger charge is -2.29. The van der Waals surface area contributed by atoms with Crippen LogP contribution >= 0.6 is 0 Å². The Morgan fingerprint density at radius 2 is 2.26 bits per heavy atom. The number of primary amides is 1. The van der Waals surface area contributed by atoms with E-state index >= 15 is 0 Å². The van der Waals surface area contributed by atoms with Crippen LogP contribution in [-0.2, 0) is 20.7 Å². The Kier molecular flexibility index (Phi) is 5.97. The summed E-state index contributed by atoms with van der Waals surface area (Å²) in [6.45, 7) is 0.560. The fourth-order valence-electron chi connectivity index (χ4n) is 2.30. The predicted octanol–water partition coefficient (Wildman–Crippen LogP) is -1.11. The molecule has 0 saturated heterocycles. The lowest BCUT2D eigenvalue weighted by atomic mass is 9.72. The van der Waals surface area contributed by atoms with Gasteiger partial charge in [0.05, 0.1) is 24.7 Å². The van der Waals surface area contributed by atoms with Crippen molar-refractivity contribution in [2.24, 2.45) is 5.73 Å². The van der Waals surface area contributed by atoms with E-state index in [9.17, 15) is 14.6 Å². The van der Waals surface area contributed by atoms with Crippen LogP contribution in [0, 0.1) is 0 Å². The van der Waals surface area contributed by atoms with Gasteiger partial charge in [0.15, 0.2) is 0 Å². The number of para-hydroxylation sites is 1. The summed E-state index contributed by atoms with van der Waals surface area (Å²) in [5.41, 5.74) is 6.18. The smallest absolute Gasteiger partial charge is 0.534 e. The van der Waals surface area contributed by atoms with Crippen molar-refractivity contribution < 1.29 is 28.7 Å². The molecule has 0 aromatic heterocycles. The topological polar surface area (TPSA) is 120 Å². The van der Waals surface area contributed by atoms with Gasteiger partial charge < -0.3 is 30.2 Å². The fraction of sp³-hybridized carbons (Fsp3) is 0.429. The summed E-state index contributed by atoms with van der Waals surface area (Å²) >= 11 is 0. The zero-order valence-corrected chi connectivity index (χ0v) is 12.8. The van der Waals surface area contributed by atoms with Gasteiger partial charge in [-0.25, -0.2) is 0 Å². The first-order valence-electron chi connectivity index (χ1n) is 7.15. The first-order chi connectivity index (χ1) is 11.0. The monoisotopic (exact) mass is 322 g/mol. The van der Waals surface area contributed by atoms with Crippen molar-refractivity contribution in [1.82, 2.24) is 5.32 Å². The molecule has 1 aromatic carbocycles. The SMILES string of the molecule is COCCOCC(=O)N[C@H]1Cc2cccc(C(N)=O)c2OB1O. The van der Waals surface area contributed by atoms with Crippen molar-refractivity contribution in [3.8, 4) is 5.75 Å². The van der Waals surface area contributed by atoms with Crippen molar-refractivity contribution in [3.05, 3.63) is 29.3 Å². The van der Waals surface area contributed by atoms with E-state index in [4.69, 9.17) is 19.9 Å². The highest BCUT2D eigenvalue weighted by atomic mass is 16.5. The predicted molar refractivity (Wildman–Crippen MR) is 81.9 cm³/mol. The van der Waals surface area contributed by atoms with Crippen LogP contribution in [-0.4, -0.2) is 56.8 Å². The van der Waals surface area contributed by atoms with E-state index < -0.39 is 19.0 Å². The number of hydrogen-bond donors (Lipinski definition) is 3. The molecule has 8 nitrogen and oxygen atoms in total. The van der Waals surface area contributed by atoms with E-state index in [1.165, 1.54) is 13.2 Å². The van der Waals surface area contributed by atoms with Crippen molar-refractivity contribution in [2.45, 2.75) is 12.4 Å². The van der Waals surface area contributed by atoms with Crippen LogP contribution in [0.2, 0.25) is 0 Å². The molecule has 2 amide bonds. The lowest BCUT2D eigenvalue weighted by Crippen LogP contribution is -2.54. The average molecular weight is 322 g/mol. The minimum atomic E-state index is -1.27. The maximum atomic E-state index is 11.8. The zero-order chi connectivity index (χ0) is 16.8. The quantitative estimate of drug-likeness (QED) is 0.432. The summed E-state index contributed by atoms with van der Waals surface area (Å²) in [5.74, 6) is -1.38. The Morgan fingerprint density at radius 1 is 1.48 bits per heavy atom. The van der Waals surface area contributed by atoms with Gasteiger partial charge in [-0.1, -0.05) is 12.1 Å². The molecule has 9 heteroatoms. The van der Waals surface area contributed by atoms with Crippen LogP contribution in [0.15, 0.2) is 18.2 Å². The third-order valence-corrected chi connectivity index (χ3v) is 3.40. The first kappa shape index (κ1) is 17.3. The largest absolute Gasteiger partial charge is 0.547 e. The summed E-state index contributed by atoms with van der Waals surface area (Å²) in [6, 6.07) is 4.95. The number of nitrogens with one attached hydrogen (secondary N) is 1. The summed E-state index contributed by atoms with van der Waals surface area (Å²) in [5, 5.41) is 12.7. The van der Waals surface area contributed by atoms with Gasteiger partial charge >= 0.3 is 7.12 Å². The number of amides is 2. The van der Waals surface area contributed by atoms with Gasteiger partial charge in [-0.2, -0.15) is 0 Å². The van der Waals surface area contributed by atoms with Crippen molar-refractivity contribution in [3.63, 3.8) is 0 Å². The third-order valence-electron chi connectivity index (χ3n) is 3.40. The minimum Gasteiger partial charge on any atom is -0.534 e. The standard InChI is InChI=1S/C14H19BN2O6/c1-21-5-6-22-8-12(18)17-11-7-9-3-2-4-10(14(16)19)13(9)23-15(11)20/h2-4,11,20H,5-8H2,1H3,(H2,16,19)(H,17,18)/t11-/m0/s1. The number of carbonyl (C=O) groups excluding carboxylic acids is 2. The van der Waals surface area contributed by atoms with Crippen LogP contribution in [0.1, 0.15) is 15.9 Å². The van der Waals surface area contributed by atoms with Gasteiger partial charge in [0.25, 0.3) is 5.91 Å². The number of ether oxygens (including phenoxy) is 2. The van der Waals surface area contributed by atoms with Crippen LogP contribution < -0.4 is 15.7 Å². The summed E-state index contributed by atoms with van der Waals surface area (Å²) in [7, 11) is 0.266. The van der Waals surface area contributed by atoms with Crippen molar-refractivity contribution in [1.29, 1.82) is 0 Å². The highest BCUT2D eigenvalue weighted by Crippen LogP contribution is 2.29. The van der Waals surface area contributed by atoms with Crippen LogP contribution in [0.5, 0.6) is 5.75 Å². The Hall–Kier alpha value is -2.10. The maximum Gasteiger partial charge on any atom is 0.547 e. The normalized spacial score (nSPS) is 16.4. The molecule has 1 aliphatic heterocycles. The van der Waals surface area contributed by atoms with Crippen LogP contribution in [0.3, 0.4) is 0 Å².